The number of hydrogen-bond donors (Lipinski definition) is 0. The summed E-state index contributed by atoms with van der Waals surface area (Å²) in [7, 11) is 1.72. The van der Waals surface area contributed by atoms with Crippen LogP contribution < -0.4 is 4.90 Å². The molecule has 1 aromatic heterocycles. The average Bonchev–Trinajstić information content (AvgIpc) is 2.61. The Hall–Kier alpha value is -2.36. The maximum Gasteiger partial charge on any atom is 0.259 e. The van der Waals surface area contributed by atoms with Crippen LogP contribution in [0.3, 0.4) is 0 Å². The van der Waals surface area contributed by atoms with Gasteiger partial charge in [0.25, 0.3) is 5.91 Å². The van der Waals surface area contributed by atoms with Crippen LogP contribution in [0.25, 0.3) is 11.1 Å². The fraction of sp³-hybridized carbons (Fsp3) is 0.0526. The first-order chi connectivity index (χ1) is 11.6. The third-order valence-corrected chi connectivity index (χ3v) is 4.27. The number of pyridine rings is 1. The Morgan fingerprint density at radius 1 is 1.00 bits per heavy atom. The van der Waals surface area contributed by atoms with Gasteiger partial charge in [0.15, 0.2) is 0 Å². The number of carbonyl (C=O) groups excluding carboxylic acids is 1. The van der Waals surface area contributed by atoms with Gasteiger partial charge in [-0.1, -0.05) is 41.4 Å². The van der Waals surface area contributed by atoms with E-state index in [0.29, 0.717) is 15.6 Å². The molecule has 0 fully saturated rings. The molecule has 1 amide bonds. The first-order valence-electron chi connectivity index (χ1n) is 7.30. The highest BCUT2D eigenvalue weighted by Gasteiger charge is 2.15. The Kier molecular flexibility index (Phi) is 4.84. The molecule has 0 aliphatic heterocycles. The summed E-state index contributed by atoms with van der Waals surface area (Å²) in [5.41, 5.74) is 2.89. The van der Waals surface area contributed by atoms with E-state index in [1.165, 1.54) is 0 Å². The van der Waals surface area contributed by atoms with Crippen LogP contribution in [0.5, 0.6) is 0 Å². The number of carbonyl (C=O) groups is 1. The minimum absolute atomic E-state index is 0.154. The molecular weight excluding hydrogens is 343 g/mol. The standard InChI is InChI=1S/C19H14Cl2N2O/c1-23(16-8-6-15(20)7-9-16)19(24)14-10-13(11-22-12-14)17-4-2-3-5-18(17)21/h2-12H,1H3. The van der Waals surface area contributed by atoms with E-state index in [-0.39, 0.29) is 5.91 Å². The molecule has 0 radical (unpaired) electrons. The lowest BCUT2D eigenvalue weighted by molar-refractivity contribution is 0.0992. The molecule has 0 atom stereocenters. The minimum Gasteiger partial charge on any atom is -0.311 e. The number of benzene rings is 2. The fourth-order valence-corrected chi connectivity index (χ4v) is 2.75. The van der Waals surface area contributed by atoms with Gasteiger partial charge in [-0.15, -0.1) is 0 Å². The Labute approximate surface area is 150 Å². The van der Waals surface area contributed by atoms with E-state index in [9.17, 15) is 4.79 Å². The van der Waals surface area contributed by atoms with Crippen molar-refractivity contribution >= 4 is 34.8 Å². The molecule has 3 aromatic rings. The first kappa shape index (κ1) is 16.5. The van der Waals surface area contributed by atoms with Crippen LogP contribution in [-0.4, -0.2) is 17.9 Å². The number of aromatic nitrogens is 1. The summed E-state index contributed by atoms with van der Waals surface area (Å²) in [4.78, 5) is 18.5. The van der Waals surface area contributed by atoms with Crippen molar-refractivity contribution in [2.75, 3.05) is 11.9 Å². The molecule has 0 spiro atoms. The van der Waals surface area contributed by atoms with Gasteiger partial charge in [0, 0.05) is 46.3 Å². The van der Waals surface area contributed by atoms with Crippen LogP contribution in [0.1, 0.15) is 10.4 Å². The van der Waals surface area contributed by atoms with Crippen LogP contribution in [0, 0.1) is 0 Å². The minimum atomic E-state index is -0.154. The second-order valence-corrected chi connectivity index (χ2v) is 6.13. The molecule has 120 valence electrons. The maximum atomic E-state index is 12.7. The van der Waals surface area contributed by atoms with Crippen LogP contribution in [-0.2, 0) is 0 Å². The quantitative estimate of drug-likeness (QED) is 0.635. The topological polar surface area (TPSA) is 33.2 Å². The molecule has 0 aliphatic carbocycles. The SMILES string of the molecule is CN(C(=O)c1cncc(-c2ccccc2Cl)c1)c1ccc(Cl)cc1. The first-order valence-corrected chi connectivity index (χ1v) is 8.05. The van der Waals surface area contributed by atoms with Crippen molar-refractivity contribution in [1.82, 2.24) is 4.98 Å². The smallest absolute Gasteiger partial charge is 0.259 e. The van der Waals surface area contributed by atoms with E-state index in [2.05, 4.69) is 4.98 Å². The number of anilines is 1. The summed E-state index contributed by atoms with van der Waals surface area (Å²) in [6, 6.07) is 16.4. The molecule has 24 heavy (non-hydrogen) atoms. The normalized spacial score (nSPS) is 10.5. The summed E-state index contributed by atoms with van der Waals surface area (Å²) in [5, 5.41) is 1.25. The predicted molar refractivity (Wildman–Crippen MR) is 98.9 cm³/mol. The molecule has 3 nitrogen and oxygen atoms in total. The Balaban J connectivity index is 1.92. The Bertz CT molecular complexity index is 879. The summed E-state index contributed by atoms with van der Waals surface area (Å²) >= 11 is 12.1. The number of amides is 1. The second-order valence-electron chi connectivity index (χ2n) is 5.28. The van der Waals surface area contributed by atoms with Gasteiger partial charge in [0.05, 0.1) is 5.56 Å². The van der Waals surface area contributed by atoms with Crippen LogP contribution in [0.15, 0.2) is 67.0 Å². The van der Waals surface area contributed by atoms with Gasteiger partial charge in [-0.05, 0) is 36.4 Å². The van der Waals surface area contributed by atoms with Gasteiger partial charge >= 0.3 is 0 Å². The lowest BCUT2D eigenvalue weighted by Gasteiger charge is -2.17. The maximum absolute atomic E-state index is 12.7. The zero-order valence-corrected chi connectivity index (χ0v) is 14.4. The number of halogens is 2. The van der Waals surface area contributed by atoms with Crippen LogP contribution in [0.2, 0.25) is 10.0 Å². The van der Waals surface area contributed by atoms with E-state index in [1.807, 2.05) is 24.3 Å². The van der Waals surface area contributed by atoms with Gasteiger partial charge < -0.3 is 4.90 Å². The van der Waals surface area contributed by atoms with Gasteiger partial charge in [-0.25, -0.2) is 0 Å². The molecule has 0 saturated heterocycles. The van der Waals surface area contributed by atoms with E-state index in [1.54, 1.807) is 54.7 Å². The predicted octanol–water partition coefficient (Wildman–Crippen LogP) is 5.33. The summed E-state index contributed by atoms with van der Waals surface area (Å²) in [6.07, 6.45) is 3.25. The van der Waals surface area contributed by atoms with E-state index >= 15 is 0 Å². The van der Waals surface area contributed by atoms with Crippen molar-refractivity contribution < 1.29 is 4.79 Å². The molecule has 0 unspecified atom stereocenters. The number of rotatable bonds is 3. The molecular formula is C19H14Cl2N2O. The monoisotopic (exact) mass is 356 g/mol. The molecule has 0 bridgehead atoms. The third kappa shape index (κ3) is 3.42. The summed E-state index contributed by atoms with van der Waals surface area (Å²) < 4.78 is 0. The van der Waals surface area contributed by atoms with Crippen LogP contribution in [0.4, 0.5) is 5.69 Å². The van der Waals surface area contributed by atoms with E-state index in [0.717, 1.165) is 16.8 Å². The van der Waals surface area contributed by atoms with Crippen LogP contribution >= 0.6 is 23.2 Å². The lowest BCUT2D eigenvalue weighted by Crippen LogP contribution is -2.26. The van der Waals surface area contributed by atoms with Gasteiger partial charge in [0.2, 0.25) is 0 Å². The fourth-order valence-electron chi connectivity index (χ4n) is 2.38. The van der Waals surface area contributed by atoms with E-state index < -0.39 is 0 Å². The summed E-state index contributed by atoms with van der Waals surface area (Å²) in [6.45, 7) is 0. The van der Waals surface area contributed by atoms with Gasteiger partial charge in [0.1, 0.15) is 0 Å². The summed E-state index contributed by atoms with van der Waals surface area (Å²) in [5.74, 6) is -0.154. The molecule has 1 heterocycles. The molecule has 0 N–H and O–H groups in total. The number of hydrogen-bond acceptors (Lipinski definition) is 2. The third-order valence-electron chi connectivity index (χ3n) is 3.69. The molecule has 5 heteroatoms. The highest BCUT2D eigenvalue weighted by atomic mass is 35.5. The molecule has 3 rings (SSSR count). The lowest BCUT2D eigenvalue weighted by atomic mass is 10.1. The van der Waals surface area contributed by atoms with Crippen molar-refractivity contribution in [3.63, 3.8) is 0 Å². The highest BCUT2D eigenvalue weighted by Crippen LogP contribution is 2.28. The van der Waals surface area contributed by atoms with Gasteiger partial charge in [-0.2, -0.15) is 0 Å². The van der Waals surface area contributed by atoms with Crippen molar-refractivity contribution in [3.05, 3.63) is 82.6 Å². The zero-order valence-electron chi connectivity index (χ0n) is 12.9. The van der Waals surface area contributed by atoms with Crippen molar-refractivity contribution in [2.24, 2.45) is 0 Å². The average molecular weight is 357 g/mol. The van der Waals surface area contributed by atoms with E-state index in [4.69, 9.17) is 23.2 Å². The largest absolute Gasteiger partial charge is 0.311 e. The Morgan fingerprint density at radius 3 is 2.42 bits per heavy atom. The Morgan fingerprint density at radius 2 is 1.71 bits per heavy atom. The molecule has 2 aromatic carbocycles. The molecule has 0 saturated carbocycles. The molecule has 0 aliphatic rings. The number of nitrogens with zero attached hydrogens (tertiary/aromatic N) is 2. The highest BCUT2D eigenvalue weighted by molar-refractivity contribution is 6.33. The van der Waals surface area contributed by atoms with Crippen molar-refractivity contribution in [1.29, 1.82) is 0 Å². The van der Waals surface area contributed by atoms with Crippen molar-refractivity contribution in [2.45, 2.75) is 0 Å². The second kappa shape index (κ2) is 7.04. The van der Waals surface area contributed by atoms with Crippen molar-refractivity contribution in [3.8, 4) is 11.1 Å². The zero-order chi connectivity index (χ0) is 17.1. The van der Waals surface area contributed by atoms with Gasteiger partial charge in [-0.3, -0.25) is 9.78 Å².